The molecule has 5 amide bonds. The highest BCUT2D eigenvalue weighted by atomic mass is 16.4. The summed E-state index contributed by atoms with van der Waals surface area (Å²) in [7, 11) is 0. The van der Waals surface area contributed by atoms with Crippen LogP contribution in [0.4, 0.5) is 0 Å². The van der Waals surface area contributed by atoms with Crippen molar-refractivity contribution in [3.8, 4) is 5.75 Å². The lowest BCUT2D eigenvalue weighted by molar-refractivity contribution is -0.143. The van der Waals surface area contributed by atoms with E-state index in [0.717, 1.165) is 11.1 Å². The predicted molar refractivity (Wildman–Crippen MR) is 172 cm³/mol. The molecule has 1 fully saturated rings. The van der Waals surface area contributed by atoms with Gasteiger partial charge in [0.25, 0.3) is 0 Å². The van der Waals surface area contributed by atoms with E-state index < -0.39 is 72.3 Å². The second-order valence-corrected chi connectivity index (χ2v) is 12.0. The van der Waals surface area contributed by atoms with Crippen LogP contribution >= 0.6 is 0 Å². The number of phenolic OH excluding ortho intramolecular Hbond substituents is 1. The van der Waals surface area contributed by atoms with Gasteiger partial charge in [0.05, 0.1) is 12.6 Å². The number of aromatic hydroxyl groups is 1. The van der Waals surface area contributed by atoms with Crippen molar-refractivity contribution in [1.29, 1.82) is 0 Å². The lowest BCUT2D eigenvalue weighted by Crippen LogP contribution is -2.59. The summed E-state index contributed by atoms with van der Waals surface area (Å²) in [4.78, 5) is 78.1. The molecule has 8 N–H and O–H groups in total. The Morgan fingerprint density at radius 2 is 1.51 bits per heavy atom. The number of carbonyl (C=O) groups excluding carboxylic acids is 5. The molecule has 254 valence electrons. The van der Waals surface area contributed by atoms with Crippen LogP contribution in [0.15, 0.2) is 54.6 Å². The van der Waals surface area contributed by atoms with Gasteiger partial charge in [-0.2, -0.15) is 0 Å². The van der Waals surface area contributed by atoms with Crippen molar-refractivity contribution in [2.24, 2.45) is 11.7 Å². The molecular weight excluding hydrogens is 608 g/mol. The third kappa shape index (κ3) is 10.8. The fourth-order valence-corrected chi connectivity index (χ4v) is 5.21. The third-order valence-electron chi connectivity index (χ3n) is 7.88. The molecule has 0 spiro atoms. The first-order chi connectivity index (χ1) is 22.3. The Morgan fingerprint density at radius 3 is 2.13 bits per heavy atom. The second kappa shape index (κ2) is 17.1. The number of amides is 5. The number of nitrogens with one attached hydrogen (secondary N) is 4. The van der Waals surface area contributed by atoms with Crippen LogP contribution in [0.1, 0.15) is 44.7 Å². The normalized spacial score (nSPS) is 16.8. The molecule has 0 saturated carbocycles. The Hall–Kier alpha value is -4.98. The third-order valence-corrected chi connectivity index (χ3v) is 7.88. The van der Waals surface area contributed by atoms with Gasteiger partial charge >= 0.3 is 5.97 Å². The van der Waals surface area contributed by atoms with E-state index in [4.69, 9.17) is 10.8 Å². The number of hydrogen-bond donors (Lipinski definition) is 7. The van der Waals surface area contributed by atoms with Crippen LogP contribution < -0.4 is 27.0 Å². The number of benzene rings is 2. The molecule has 2 aromatic carbocycles. The predicted octanol–water partition coefficient (Wildman–Crippen LogP) is -0.173. The maximum atomic E-state index is 13.8. The number of rotatable bonds is 15. The first-order valence-electron chi connectivity index (χ1n) is 15.5. The van der Waals surface area contributed by atoms with E-state index in [1.54, 1.807) is 38.1 Å². The first kappa shape index (κ1) is 36.5. The standard InChI is InChI=1S/C33H44N6O8/c1-19(2)28(32(45)39-15-7-10-26(39)31(44)35-18-27(41)36-20(3)33(46)47)38-30(43)25(17-21-8-5-4-6-9-21)37-29(42)24(34)16-22-11-13-23(40)14-12-22/h4-6,8-9,11-14,19-20,24-26,28,40H,7,10,15-18,34H2,1-3H3,(H,35,44)(H,36,41)(H,37,42)(H,38,43)(H,46,47)/t20-,24+,25-,26-,28-/m0/s1. The van der Waals surface area contributed by atoms with Gasteiger partial charge in [-0.05, 0) is 55.4 Å². The van der Waals surface area contributed by atoms with Crippen LogP contribution in [0, 0.1) is 5.92 Å². The minimum atomic E-state index is -1.22. The van der Waals surface area contributed by atoms with E-state index >= 15 is 0 Å². The molecule has 0 unspecified atom stereocenters. The second-order valence-electron chi connectivity index (χ2n) is 12.0. The van der Waals surface area contributed by atoms with Crippen LogP contribution in [0.25, 0.3) is 0 Å². The fraction of sp³-hybridized carbons (Fsp3) is 0.455. The van der Waals surface area contributed by atoms with Crippen molar-refractivity contribution < 1.29 is 39.0 Å². The first-order valence-corrected chi connectivity index (χ1v) is 15.5. The summed E-state index contributed by atoms with van der Waals surface area (Å²) in [6.07, 6.45) is 1.16. The number of carboxylic acid groups (broad SMARTS) is 1. The summed E-state index contributed by atoms with van der Waals surface area (Å²) in [6.45, 7) is 4.59. The molecule has 1 saturated heterocycles. The lowest BCUT2D eigenvalue weighted by Gasteiger charge is -2.31. The number of nitrogens with two attached hydrogens (primary N) is 1. The summed E-state index contributed by atoms with van der Waals surface area (Å²) < 4.78 is 0. The molecule has 5 atom stereocenters. The maximum Gasteiger partial charge on any atom is 0.325 e. The zero-order valence-corrected chi connectivity index (χ0v) is 26.8. The Kier molecular flexibility index (Phi) is 13.3. The number of carbonyl (C=O) groups is 6. The van der Waals surface area contributed by atoms with Gasteiger partial charge in [-0.1, -0.05) is 56.3 Å². The van der Waals surface area contributed by atoms with Crippen molar-refractivity contribution in [2.75, 3.05) is 13.1 Å². The largest absolute Gasteiger partial charge is 0.508 e. The summed E-state index contributed by atoms with van der Waals surface area (Å²) in [5.74, 6) is -4.44. The number of likely N-dealkylation sites (tertiary alicyclic amines) is 1. The number of carboxylic acids is 1. The van der Waals surface area contributed by atoms with Crippen molar-refractivity contribution in [3.05, 3.63) is 65.7 Å². The number of hydrogen-bond acceptors (Lipinski definition) is 8. The van der Waals surface area contributed by atoms with Gasteiger partial charge < -0.3 is 42.1 Å². The topological polar surface area (TPSA) is 220 Å². The van der Waals surface area contributed by atoms with Crippen LogP contribution in [0.3, 0.4) is 0 Å². The summed E-state index contributed by atoms with van der Waals surface area (Å²) in [5.41, 5.74) is 7.67. The quantitative estimate of drug-likeness (QED) is 0.136. The summed E-state index contributed by atoms with van der Waals surface area (Å²) in [6, 6.07) is 10.2. The number of phenols is 1. The van der Waals surface area contributed by atoms with Crippen molar-refractivity contribution in [2.45, 2.75) is 76.7 Å². The molecule has 0 bridgehead atoms. The highest BCUT2D eigenvalue weighted by molar-refractivity contribution is 5.96. The highest BCUT2D eigenvalue weighted by Crippen LogP contribution is 2.21. The number of aliphatic carboxylic acids is 1. The SMILES string of the molecule is CC(C)[C@H](NC(=O)[C@H](Cc1ccccc1)NC(=O)[C@H](N)Cc1ccc(O)cc1)C(=O)N1CCC[C@H]1C(=O)NCC(=O)N[C@@H](C)C(=O)O. The van der Waals surface area contributed by atoms with Gasteiger partial charge in [0.1, 0.15) is 29.9 Å². The van der Waals surface area contributed by atoms with E-state index in [2.05, 4.69) is 21.3 Å². The van der Waals surface area contributed by atoms with E-state index in [-0.39, 0.29) is 31.1 Å². The van der Waals surface area contributed by atoms with Gasteiger partial charge in [-0.3, -0.25) is 28.8 Å². The van der Waals surface area contributed by atoms with Gasteiger partial charge in [-0.15, -0.1) is 0 Å². The Balaban J connectivity index is 1.70. The van der Waals surface area contributed by atoms with Crippen LogP contribution in [-0.4, -0.2) is 93.9 Å². The molecular formula is C33H44N6O8. The van der Waals surface area contributed by atoms with Gasteiger partial charge in [0.2, 0.25) is 29.5 Å². The average Bonchev–Trinajstić information content (AvgIpc) is 3.53. The van der Waals surface area contributed by atoms with E-state index in [1.807, 2.05) is 18.2 Å². The molecule has 14 nitrogen and oxygen atoms in total. The number of nitrogens with zero attached hydrogens (tertiary/aromatic N) is 1. The summed E-state index contributed by atoms with van der Waals surface area (Å²) in [5, 5.41) is 28.7. The average molecular weight is 653 g/mol. The Bertz CT molecular complexity index is 1420. The van der Waals surface area contributed by atoms with Crippen LogP contribution in [0.2, 0.25) is 0 Å². The molecule has 14 heteroatoms. The molecule has 47 heavy (non-hydrogen) atoms. The monoisotopic (exact) mass is 652 g/mol. The molecule has 1 aliphatic heterocycles. The molecule has 0 radical (unpaired) electrons. The van der Waals surface area contributed by atoms with Crippen LogP contribution in [0.5, 0.6) is 5.75 Å². The molecule has 1 heterocycles. The molecule has 0 aliphatic carbocycles. The Morgan fingerprint density at radius 1 is 0.872 bits per heavy atom. The molecule has 3 rings (SSSR count). The van der Waals surface area contributed by atoms with Crippen molar-refractivity contribution >= 4 is 35.5 Å². The molecule has 2 aromatic rings. The van der Waals surface area contributed by atoms with Crippen molar-refractivity contribution in [3.63, 3.8) is 0 Å². The summed E-state index contributed by atoms with van der Waals surface area (Å²) >= 11 is 0. The minimum Gasteiger partial charge on any atom is -0.508 e. The lowest BCUT2D eigenvalue weighted by atomic mass is 9.99. The van der Waals surface area contributed by atoms with E-state index in [1.165, 1.54) is 24.0 Å². The van der Waals surface area contributed by atoms with E-state index in [0.29, 0.717) is 12.8 Å². The maximum absolute atomic E-state index is 13.8. The molecule has 0 aromatic heterocycles. The van der Waals surface area contributed by atoms with E-state index in [9.17, 15) is 33.9 Å². The highest BCUT2D eigenvalue weighted by Gasteiger charge is 2.39. The smallest absolute Gasteiger partial charge is 0.325 e. The van der Waals surface area contributed by atoms with Gasteiger partial charge in [0.15, 0.2) is 0 Å². The van der Waals surface area contributed by atoms with Crippen LogP contribution in [-0.2, 0) is 41.6 Å². The van der Waals surface area contributed by atoms with Gasteiger partial charge in [0, 0.05) is 13.0 Å². The minimum absolute atomic E-state index is 0.0801. The zero-order valence-electron chi connectivity index (χ0n) is 26.8. The Labute approximate surface area is 273 Å². The zero-order chi connectivity index (χ0) is 34.7. The van der Waals surface area contributed by atoms with Crippen molar-refractivity contribution in [1.82, 2.24) is 26.2 Å². The molecule has 1 aliphatic rings. The van der Waals surface area contributed by atoms with Gasteiger partial charge in [-0.25, -0.2) is 0 Å². The fourth-order valence-electron chi connectivity index (χ4n) is 5.21.